The summed E-state index contributed by atoms with van der Waals surface area (Å²) in [5, 5.41) is 2.02. The molecule has 0 saturated carbocycles. The van der Waals surface area contributed by atoms with Crippen LogP contribution >= 0.6 is 11.3 Å². The Labute approximate surface area is 103 Å². The van der Waals surface area contributed by atoms with Gasteiger partial charge in [0, 0.05) is 13.2 Å². The lowest BCUT2D eigenvalue weighted by molar-refractivity contribution is 0.399. The van der Waals surface area contributed by atoms with E-state index < -0.39 is 0 Å². The third-order valence-electron chi connectivity index (χ3n) is 2.61. The number of thiophene rings is 1. The van der Waals surface area contributed by atoms with Crippen LogP contribution in [-0.4, -0.2) is 21.6 Å². The van der Waals surface area contributed by atoms with E-state index in [1.807, 2.05) is 41.4 Å². The van der Waals surface area contributed by atoms with Gasteiger partial charge in [0.15, 0.2) is 5.65 Å². The van der Waals surface area contributed by atoms with Crippen LogP contribution in [0.2, 0.25) is 0 Å². The molecule has 0 atom stereocenters. The molecule has 0 saturated heterocycles. The quantitative estimate of drug-likeness (QED) is 0.697. The van der Waals surface area contributed by atoms with Crippen LogP contribution in [0.25, 0.3) is 21.7 Å². The molecule has 0 aliphatic rings. The zero-order valence-corrected chi connectivity index (χ0v) is 10.4. The predicted octanol–water partition coefficient (Wildman–Crippen LogP) is 2.71. The van der Waals surface area contributed by atoms with Crippen molar-refractivity contribution in [3.8, 4) is 16.5 Å². The highest BCUT2D eigenvalue weighted by Gasteiger charge is 2.13. The van der Waals surface area contributed by atoms with Crippen LogP contribution in [-0.2, 0) is 7.05 Å². The molecule has 3 aromatic heterocycles. The second kappa shape index (κ2) is 3.85. The Kier molecular flexibility index (Phi) is 2.33. The van der Waals surface area contributed by atoms with Crippen molar-refractivity contribution in [3.05, 3.63) is 29.8 Å². The van der Waals surface area contributed by atoms with Crippen LogP contribution < -0.4 is 4.74 Å². The maximum absolute atomic E-state index is 5.32. The van der Waals surface area contributed by atoms with E-state index in [0.29, 0.717) is 5.88 Å². The summed E-state index contributed by atoms with van der Waals surface area (Å²) in [7, 11) is 3.57. The number of aryl methyl sites for hydroxylation is 1. The van der Waals surface area contributed by atoms with Gasteiger partial charge in [-0.05, 0) is 17.5 Å². The maximum Gasteiger partial charge on any atom is 0.243 e. The minimum absolute atomic E-state index is 0.571. The summed E-state index contributed by atoms with van der Waals surface area (Å²) in [5.74, 6) is 0.571. The van der Waals surface area contributed by atoms with Crippen LogP contribution in [0.5, 0.6) is 5.88 Å². The van der Waals surface area contributed by atoms with Crippen molar-refractivity contribution in [2.75, 3.05) is 7.11 Å². The van der Waals surface area contributed by atoms with E-state index in [1.54, 1.807) is 18.4 Å². The van der Waals surface area contributed by atoms with Crippen molar-refractivity contribution in [1.82, 2.24) is 14.5 Å². The molecular weight excluding hydrogens is 234 g/mol. The minimum Gasteiger partial charge on any atom is -0.479 e. The molecule has 0 bridgehead atoms. The molecule has 3 heterocycles. The number of hydrogen-bond acceptors (Lipinski definition) is 4. The summed E-state index contributed by atoms with van der Waals surface area (Å²) in [5.41, 5.74) is 2.53. The van der Waals surface area contributed by atoms with Gasteiger partial charge in [-0.15, -0.1) is 11.3 Å². The van der Waals surface area contributed by atoms with Gasteiger partial charge >= 0.3 is 0 Å². The SMILES string of the molecule is COc1nc2c(ccn2C)nc1-c1cccs1. The Balaban J connectivity index is 2.30. The molecule has 86 valence electrons. The summed E-state index contributed by atoms with van der Waals surface area (Å²) in [6, 6.07) is 5.97. The Morgan fingerprint density at radius 2 is 2.18 bits per heavy atom. The van der Waals surface area contributed by atoms with Gasteiger partial charge in [0.1, 0.15) is 11.2 Å². The second-order valence-electron chi connectivity index (χ2n) is 3.69. The number of ether oxygens (including phenoxy) is 1. The van der Waals surface area contributed by atoms with Crippen LogP contribution in [0.15, 0.2) is 29.8 Å². The van der Waals surface area contributed by atoms with Gasteiger partial charge in [-0.3, -0.25) is 0 Å². The molecule has 0 N–H and O–H groups in total. The van der Waals surface area contributed by atoms with E-state index in [-0.39, 0.29) is 0 Å². The summed E-state index contributed by atoms with van der Waals surface area (Å²) < 4.78 is 7.25. The van der Waals surface area contributed by atoms with Crippen molar-refractivity contribution in [2.24, 2.45) is 7.05 Å². The molecule has 0 aliphatic carbocycles. The number of hydrogen-bond donors (Lipinski definition) is 0. The summed E-state index contributed by atoms with van der Waals surface area (Å²) in [4.78, 5) is 10.2. The largest absolute Gasteiger partial charge is 0.479 e. The van der Waals surface area contributed by atoms with E-state index in [9.17, 15) is 0 Å². The fraction of sp³-hybridized carbons (Fsp3) is 0.167. The van der Waals surface area contributed by atoms with Gasteiger partial charge in [0.05, 0.1) is 12.0 Å². The molecule has 4 nitrogen and oxygen atoms in total. The van der Waals surface area contributed by atoms with Gasteiger partial charge in [-0.2, -0.15) is 4.98 Å². The molecule has 0 unspecified atom stereocenters. The molecule has 0 aromatic carbocycles. The van der Waals surface area contributed by atoms with E-state index >= 15 is 0 Å². The topological polar surface area (TPSA) is 39.9 Å². The first-order valence-corrected chi connectivity index (χ1v) is 6.08. The van der Waals surface area contributed by atoms with Gasteiger partial charge in [0.2, 0.25) is 5.88 Å². The third-order valence-corrected chi connectivity index (χ3v) is 3.49. The average Bonchev–Trinajstić information content (AvgIpc) is 2.98. The molecule has 5 heteroatoms. The van der Waals surface area contributed by atoms with E-state index in [4.69, 9.17) is 4.74 Å². The monoisotopic (exact) mass is 245 g/mol. The van der Waals surface area contributed by atoms with Crippen molar-refractivity contribution in [3.63, 3.8) is 0 Å². The number of nitrogens with zero attached hydrogens (tertiary/aromatic N) is 3. The molecule has 0 fully saturated rings. The molecule has 3 rings (SSSR count). The third kappa shape index (κ3) is 1.59. The average molecular weight is 245 g/mol. The molecule has 0 spiro atoms. The van der Waals surface area contributed by atoms with E-state index in [1.165, 1.54) is 0 Å². The number of rotatable bonds is 2. The Bertz CT molecular complexity index is 658. The maximum atomic E-state index is 5.32. The first-order valence-electron chi connectivity index (χ1n) is 5.20. The summed E-state index contributed by atoms with van der Waals surface area (Å²) in [6.07, 6.45) is 1.95. The molecule has 3 aromatic rings. The first kappa shape index (κ1) is 10.3. The minimum atomic E-state index is 0.571. The molecular formula is C12H11N3OS. The van der Waals surface area contributed by atoms with E-state index in [2.05, 4.69) is 9.97 Å². The van der Waals surface area contributed by atoms with Crippen LogP contribution in [0.1, 0.15) is 0 Å². The highest BCUT2D eigenvalue weighted by Crippen LogP contribution is 2.31. The molecule has 0 aliphatic heterocycles. The van der Waals surface area contributed by atoms with Crippen molar-refractivity contribution >= 4 is 22.5 Å². The fourth-order valence-electron chi connectivity index (χ4n) is 1.77. The second-order valence-corrected chi connectivity index (χ2v) is 4.64. The van der Waals surface area contributed by atoms with Crippen molar-refractivity contribution in [2.45, 2.75) is 0 Å². The summed E-state index contributed by atoms with van der Waals surface area (Å²) in [6.45, 7) is 0. The van der Waals surface area contributed by atoms with Gasteiger partial charge < -0.3 is 9.30 Å². The van der Waals surface area contributed by atoms with Crippen LogP contribution in [0.3, 0.4) is 0 Å². The zero-order valence-electron chi connectivity index (χ0n) is 9.54. The lowest BCUT2D eigenvalue weighted by Crippen LogP contribution is -1.97. The first-order chi connectivity index (χ1) is 8.29. The smallest absolute Gasteiger partial charge is 0.243 e. The number of aromatic nitrogens is 3. The van der Waals surface area contributed by atoms with E-state index in [0.717, 1.165) is 21.7 Å². The van der Waals surface area contributed by atoms with Crippen LogP contribution in [0.4, 0.5) is 0 Å². The zero-order chi connectivity index (χ0) is 11.8. The Morgan fingerprint density at radius 3 is 2.88 bits per heavy atom. The predicted molar refractivity (Wildman–Crippen MR) is 68.4 cm³/mol. The number of methoxy groups -OCH3 is 1. The highest BCUT2D eigenvalue weighted by atomic mass is 32.1. The Morgan fingerprint density at radius 1 is 1.29 bits per heavy atom. The van der Waals surface area contributed by atoms with Crippen molar-refractivity contribution < 1.29 is 4.74 Å². The molecule has 17 heavy (non-hydrogen) atoms. The Hall–Kier alpha value is -1.88. The normalized spacial score (nSPS) is 10.9. The summed E-state index contributed by atoms with van der Waals surface area (Å²) >= 11 is 1.63. The highest BCUT2D eigenvalue weighted by molar-refractivity contribution is 7.13. The standard InChI is InChI=1S/C12H11N3OS/c1-15-6-5-8-11(15)14-12(16-2)10(13-8)9-4-3-7-17-9/h3-7H,1-2H3. The van der Waals surface area contributed by atoms with Gasteiger partial charge in [0.25, 0.3) is 0 Å². The lowest BCUT2D eigenvalue weighted by Gasteiger charge is -2.05. The lowest BCUT2D eigenvalue weighted by atomic mass is 10.3. The van der Waals surface area contributed by atoms with Gasteiger partial charge in [-0.25, -0.2) is 4.98 Å². The fourth-order valence-corrected chi connectivity index (χ4v) is 2.47. The molecule has 0 amide bonds. The molecule has 0 radical (unpaired) electrons. The van der Waals surface area contributed by atoms with Gasteiger partial charge in [-0.1, -0.05) is 6.07 Å². The van der Waals surface area contributed by atoms with Crippen molar-refractivity contribution in [1.29, 1.82) is 0 Å². The number of fused-ring (bicyclic) bond motifs is 1. The van der Waals surface area contributed by atoms with Crippen LogP contribution in [0, 0.1) is 0 Å².